The minimum atomic E-state index is 0.0669. The average molecular weight is 273 g/mol. The van der Waals surface area contributed by atoms with Gasteiger partial charge in [-0.15, -0.1) is 0 Å². The van der Waals surface area contributed by atoms with Gasteiger partial charge in [-0.1, -0.05) is 56.9 Å². The van der Waals surface area contributed by atoms with Crippen LogP contribution in [0.15, 0.2) is 24.3 Å². The van der Waals surface area contributed by atoms with Crippen LogP contribution in [-0.4, -0.2) is 12.3 Å². The molecule has 0 aliphatic heterocycles. The first-order valence-corrected chi connectivity index (χ1v) is 8.01. The van der Waals surface area contributed by atoms with Crippen LogP contribution in [0.1, 0.15) is 67.8 Å². The quantitative estimate of drug-likeness (QED) is 0.792. The Morgan fingerprint density at radius 2 is 1.80 bits per heavy atom. The van der Waals surface area contributed by atoms with E-state index in [1.54, 1.807) is 0 Å². The van der Waals surface area contributed by atoms with Crippen LogP contribution in [0.5, 0.6) is 0 Å². The second kappa shape index (κ2) is 7.03. The van der Waals surface area contributed by atoms with Crippen LogP contribution in [0, 0.1) is 5.41 Å². The number of ketones is 1. The number of nitrogens with two attached hydrogens (primary N) is 1. The predicted molar refractivity (Wildman–Crippen MR) is 84.0 cm³/mol. The number of benzene rings is 1. The smallest absolute Gasteiger partial charge is 0.163 e. The maximum Gasteiger partial charge on any atom is 0.163 e. The minimum Gasteiger partial charge on any atom is -0.330 e. The molecule has 1 aliphatic rings. The van der Waals surface area contributed by atoms with E-state index in [2.05, 4.69) is 19.1 Å². The number of carbonyl (C=O) groups is 1. The number of hydrogen-bond donors (Lipinski definition) is 1. The summed E-state index contributed by atoms with van der Waals surface area (Å²) in [5.41, 5.74) is 8.21. The zero-order valence-electron chi connectivity index (χ0n) is 12.7. The van der Waals surface area contributed by atoms with Gasteiger partial charge in [0.25, 0.3) is 0 Å². The lowest BCUT2D eigenvalue weighted by Crippen LogP contribution is -2.35. The summed E-state index contributed by atoms with van der Waals surface area (Å²) in [4.78, 5) is 12.5. The first-order valence-electron chi connectivity index (χ1n) is 8.01. The lowest BCUT2D eigenvalue weighted by molar-refractivity contribution is 0.0868. The molecule has 1 aliphatic carbocycles. The molecule has 2 rings (SSSR count). The zero-order chi connectivity index (χ0) is 14.4. The third kappa shape index (κ3) is 3.69. The largest absolute Gasteiger partial charge is 0.330 e. The molecule has 0 bridgehead atoms. The van der Waals surface area contributed by atoms with Crippen molar-refractivity contribution in [2.75, 3.05) is 6.54 Å². The number of rotatable bonds is 6. The Balaban J connectivity index is 2.03. The van der Waals surface area contributed by atoms with Gasteiger partial charge in [-0.2, -0.15) is 0 Å². The predicted octanol–water partition coefficient (Wildman–Crippen LogP) is 4.12. The third-order valence-corrected chi connectivity index (χ3v) is 4.70. The summed E-state index contributed by atoms with van der Waals surface area (Å²) in [6, 6.07) is 8.15. The Labute approximate surface area is 122 Å². The van der Waals surface area contributed by atoms with Crippen LogP contribution in [0.4, 0.5) is 0 Å². The maximum absolute atomic E-state index is 12.5. The molecule has 0 unspecified atom stereocenters. The molecule has 2 nitrogen and oxygen atoms in total. The van der Waals surface area contributed by atoms with Crippen LogP contribution < -0.4 is 5.73 Å². The minimum absolute atomic E-state index is 0.0669. The van der Waals surface area contributed by atoms with Gasteiger partial charge in [0.15, 0.2) is 5.78 Å². The summed E-state index contributed by atoms with van der Waals surface area (Å²) in [6.45, 7) is 2.82. The summed E-state index contributed by atoms with van der Waals surface area (Å²) < 4.78 is 0. The molecule has 0 aromatic heterocycles. The molecule has 110 valence electrons. The van der Waals surface area contributed by atoms with E-state index in [-0.39, 0.29) is 11.2 Å². The molecular weight excluding hydrogens is 246 g/mol. The molecule has 0 amide bonds. The molecule has 0 atom stereocenters. The Bertz CT molecular complexity index is 429. The molecule has 2 N–H and O–H groups in total. The fourth-order valence-corrected chi connectivity index (χ4v) is 3.34. The van der Waals surface area contributed by atoms with Crippen molar-refractivity contribution in [1.29, 1.82) is 0 Å². The van der Waals surface area contributed by atoms with Crippen LogP contribution in [0.25, 0.3) is 0 Å². The SMILES string of the molecule is CCCc1ccc(C(=O)CC2(CN)CCCCC2)cc1. The van der Waals surface area contributed by atoms with Crippen molar-refractivity contribution in [3.05, 3.63) is 35.4 Å². The van der Waals surface area contributed by atoms with Crippen molar-refractivity contribution in [2.45, 2.75) is 58.3 Å². The van der Waals surface area contributed by atoms with E-state index in [4.69, 9.17) is 5.73 Å². The summed E-state index contributed by atoms with van der Waals surface area (Å²) >= 11 is 0. The number of aryl methyl sites for hydroxylation is 1. The molecule has 1 aromatic carbocycles. The van der Waals surface area contributed by atoms with E-state index in [1.165, 1.54) is 24.8 Å². The second-order valence-electron chi connectivity index (χ2n) is 6.31. The molecule has 20 heavy (non-hydrogen) atoms. The molecule has 0 saturated heterocycles. The summed E-state index contributed by atoms with van der Waals surface area (Å²) in [5.74, 6) is 0.264. The molecule has 0 spiro atoms. The van der Waals surface area contributed by atoms with Gasteiger partial charge in [-0.05, 0) is 36.8 Å². The van der Waals surface area contributed by atoms with Crippen LogP contribution >= 0.6 is 0 Å². The Kier molecular flexibility index (Phi) is 5.36. The highest BCUT2D eigenvalue weighted by Gasteiger charge is 2.33. The molecule has 0 radical (unpaired) electrons. The Hall–Kier alpha value is -1.15. The lowest BCUT2D eigenvalue weighted by atomic mass is 9.70. The van der Waals surface area contributed by atoms with Gasteiger partial charge in [0, 0.05) is 12.0 Å². The van der Waals surface area contributed by atoms with Crippen molar-refractivity contribution in [3.8, 4) is 0 Å². The number of hydrogen-bond acceptors (Lipinski definition) is 2. The highest BCUT2D eigenvalue weighted by atomic mass is 16.1. The maximum atomic E-state index is 12.5. The van der Waals surface area contributed by atoms with Crippen molar-refractivity contribution in [2.24, 2.45) is 11.1 Å². The zero-order valence-corrected chi connectivity index (χ0v) is 12.7. The fraction of sp³-hybridized carbons (Fsp3) is 0.611. The summed E-state index contributed by atoms with van der Waals surface area (Å²) in [7, 11) is 0. The average Bonchev–Trinajstić information content (AvgIpc) is 2.49. The van der Waals surface area contributed by atoms with E-state index < -0.39 is 0 Å². The number of carbonyl (C=O) groups excluding carboxylic acids is 1. The standard InChI is InChI=1S/C18H27NO/c1-2-6-15-7-9-16(10-8-15)17(20)13-18(14-19)11-4-3-5-12-18/h7-10H,2-6,11-14,19H2,1H3. The van der Waals surface area contributed by atoms with E-state index in [9.17, 15) is 4.79 Å². The van der Waals surface area contributed by atoms with Gasteiger partial charge >= 0.3 is 0 Å². The first kappa shape index (κ1) is 15.2. The second-order valence-corrected chi connectivity index (χ2v) is 6.31. The molecule has 1 aromatic rings. The van der Waals surface area contributed by atoms with Crippen molar-refractivity contribution < 1.29 is 4.79 Å². The van der Waals surface area contributed by atoms with Crippen molar-refractivity contribution in [3.63, 3.8) is 0 Å². The Morgan fingerprint density at radius 1 is 1.15 bits per heavy atom. The van der Waals surface area contributed by atoms with Crippen molar-refractivity contribution in [1.82, 2.24) is 0 Å². The van der Waals surface area contributed by atoms with Gasteiger partial charge in [0.05, 0.1) is 0 Å². The van der Waals surface area contributed by atoms with Gasteiger partial charge < -0.3 is 5.73 Å². The number of Topliss-reactive ketones (excluding diaryl/α,β-unsaturated/α-hetero) is 1. The van der Waals surface area contributed by atoms with Gasteiger partial charge in [-0.25, -0.2) is 0 Å². The molecular formula is C18H27NO. The van der Waals surface area contributed by atoms with E-state index in [0.717, 1.165) is 31.2 Å². The van der Waals surface area contributed by atoms with Crippen LogP contribution in [-0.2, 0) is 6.42 Å². The van der Waals surface area contributed by atoms with Gasteiger partial charge in [0.2, 0.25) is 0 Å². The lowest BCUT2D eigenvalue weighted by Gasteiger charge is -2.35. The topological polar surface area (TPSA) is 43.1 Å². The highest BCUT2D eigenvalue weighted by molar-refractivity contribution is 5.96. The summed E-state index contributed by atoms with van der Waals surface area (Å²) in [5, 5.41) is 0. The van der Waals surface area contributed by atoms with Gasteiger partial charge in [-0.3, -0.25) is 4.79 Å². The monoisotopic (exact) mass is 273 g/mol. The van der Waals surface area contributed by atoms with Gasteiger partial charge in [0.1, 0.15) is 0 Å². The fourth-order valence-electron chi connectivity index (χ4n) is 3.34. The highest BCUT2D eigenvalue weighted by Crippen LogP contribution is 2.39. The Morgan fingerprint density at radius 3 is 2.35 bits per heavy atom. The normalized spacial score (nSPS) is 17.9. The summed E-state index contributed by atoms with van der Waals surface area (Å²) in [6.07, 6.45) is 8.81. The third-order valence-electron chi connectivity index (χ3n) is 4.70. The molecule has 1 fully saturated rings. The van der Waals surface area contributed by atoms with E-state index in [1.807, 2.05) is 12.1 Å². The van der Waals surface area contributed by atoms with E-state index in [0.29, 0.717) is 13.0 Å². The van der Waals surface area contributed by atoms with Crippen LogP contribution in [0.3, 0.4) is 0 Å². The van der Waals surface area contributed by atoms with Crippen molar-refractivity contribution >= 4 is 5.78 Å². The molecule has 0 heterocycles. The molecule has 1 saturated carbocycles. The molecule has 2 heteroatoms. The van der Waals surface area contributed by atoms with Crippen LogP contribution in [0.2, 0.25) is 0 Å². The first-order chi connectivity index (χ1) is 9.69. The van der Waals surface area contributed by atoms with E-state index >= 15 is 0 Å².